The van der Waals surface area contributed by atoms with E-state index in [-0.39, 0.29) is 0 Å². The van der Waals surface area contributed by atoms with Crippen LogP contribution in [-0.2, 0) is 0 Å². The molecule has 0 aliphatic rings. The number of nitrogens with zero attached hydrogens (tertiary/aromatic N) is 1. The monoisotopic (exact) mass is 215 g/mol. The van der Waals surface area contributed by atoms with Crippen LogP contribution in [0.2, 0.25) is 0 Å². The highest BCUT2D eigenvalue weighted by molar-refractivity contribution is 7.78. The molecule has 0 spiro atoms. The van der Waals surface area contributed by atoms with Crippen molar-refractivity contribution in [1.29, 1.82) is 0 Å². The predicted octanol–water partition coefficient (Wildman–Crippen LogP) is 4.02. The Hall–Kier alpha value is -0.110. The average Bonchev–Trinajstić information content (AvgIpc) is 2.22. The second kappa shape index (κ2) is 11.0. The first-order chi connectivity index (χ1) is 6.85. The summed E-state index contributed by atoms with van der Waals surface area (Å²) in [5, 5.41) is 0. The first-order valence-corrected chi connectivity index (χ1v) is 6.51. The smallest absolute Gasteiger partial charge is 0.0640 e. The quantitative estimate of drug-likeness (QED) is 0.400. The molecule has 0 saturated heterocycles. The SMILES string of the molecule is CCCCCCN(C=S)CCCCC. The predicted molar refractivity (Wildman–Crippen MR) is 68.9 cm³/mol. The van der Waals surface area contributed by atoms with Gasteiger partial charge in [0.15, 0.2) is 0 Å². The molecule has 0 fully saturated rings. The van der Waals surface area contributed by atoms with Crippen molar-refractivity contribution in [3.63, 3.8) is 0 Å². The molecule has 0 N–H and O–H groups in total. The van der Waals surface area contributed by atoms with E-state index in [4.69, 9.17) is 12.2 Å². The highest BCUT2D eigenvalue weighted by Crippen LogP contribution is 2.02. The zero-order chi connectivity index (χ0) is 10.6. The normalized spacial score (nSPS) is 10.1. The van der Waals surface area contributed by atoms with E-state index in [0.29, 0.717) is 0 Å². The van der Waals surface area contributed by atoms with Gasteiger partial charge >= 0.3 is 0 Å². The number of hydrogen-bond acceptors (Lipinski definition) is 1. The number of unbranched alkanes of at least 4 members (excludes halogenated alkanes) is 5. The Labute approximate surface area is 94.9 Å². The van der Waals surface area contributed by atoms with Crippen LogP contribution in [-0.4, -0.2) is 23.5 Å². The van der Waals surface area contributed by atoms with Crippen LogP contribution < -0.4 is 0 Å². The highest BCUT2D eigenvalue weighted by Gasteiger charge is 1.98. The van der Waals surface area contributed by atoms with Gasteiger partial charge in [-0.25, -0.2) is 0 Å². The lowest BCUT2D eigenvalue weighted by atomic mass is 10.2. The largest absolute Gasteiger partial charge is 0.369 e. The van der Waals surface area contributed by atoms with Crippen molar-refractivity contribution in [2.24, 2.45) is 0 Å². The van der Waals surface area contributed by atoms with Crippen molar-refractivity contribution >= 4 is 17.7 Å². The van der Waals surface area contributed by atoms with Gasteiger partial charge in [0.2, 0.25) is 0 Å². The lowest BCUT2D eigenvalue weighted by molar-refractivity contribution is 0.403. The molecule has 0 aromatic rings. The van der Waals surface area contributed by atoms with Gasteiger partial charge in [-0.3, -0.25) is 0 Å². The third-order valence-corrected chi connectivity index (χ3v) is 2.79. The van der Waals surface area contributed by atoms with Crippen LogP contribution in [0.3, 0.4) is 0 Å². The molecular weight excluding hydrogens is 190 g/mol. The molecule has 0 amide bonds. The highest BCUT2D eigenvalue weighted by atomic mass is 32.1. The van der Waals surface area contributed by atoms with Crippen LogP contribution >= 0.6 is 12.2 Å². The molecule has 0 aliphatic heterocycles. The molecule has 0 bridgehead atoms. The average molecular weight is 215 g/mol. The molecule has 0 aliphatic carbocycles. The Morgan fingerprint density at radius 2 is 1.36 bits per heavy atom. The molecule has 1 nitrogen and oxygen atoms in total. The fourth-order valence-electron chi connectivity index (χ4n) is 1.52. The summed E-state index contributed by atoms with van der Waals surface area (Å²) in [7, 11) is 0. The molecular formula is C12H25NS. The lowest BCUT2D eigenvalue weighted by Crippen LogP contribution is -2.23. The summed E-state index contributed by atoms with van der Waals surface area (Å²) >= 11 is 5.00. The molecule has 0 heterocycles. The Kier molecular flexibility index (Phi) is 10.9. The number of rotatable bonds is 10. The maximum atomic E-state index is 5.00. The molecule has 0 saturated carbocycles. The van der Waals surface area contributed by atoms with Gasteiger partial charge in [0, 0.05) is 13.1 Å². The van der Waals surface area contributed by atoms with Gasteiger partial charge in [-0.2, -0.15) is 0 Å². The van der Waals surface area contributed by atoms with Crippen LogP contribution in [0.4, 0.5) is 0 Å². The maximum absolute atomic E-state index is 5.00. The Morgan fingerprint density at radius 1 is 0.857 bits per heavy atom. The standard InChI is InChI=1S/C12H25NS/c1-3-5-7-9-11-13(12-14)10-8-6-4-2/h12H,3-11H2,1-2H3. The van der Waals surface area contributed by atoms with E-state index in [9.17, 15) is 0 Å². The topological polar surface area (TPSA) is 3.24 Å². The van der Waals surface area contributed by atoms with Crippen LogP contribution in [0.25, 0.3) is 0 Å². The summed E-state index contributed by atoms with van der Waals surface area (Å²) in [4.78, 5) is 2.29. The second-order valence-electron chi connectivity index (χ2n) is 3.91. The Morgan fingerprint density at radius 3 is 1.86 bits per heavy atom. The summed E-state index contributed by atoms with van der Waals surface area (Å²) in [6, 6.07) is 0. The lowest BCUT2D eigenvalue weighted by Gasteiger charge is -2.18. The second-order valence-corrected chi connectivity index (χ2v) is 4.12. The van der Waals surface area contributed by atoms with Crippen molar-refractivity contribution in [3.05, 3.63) is 0 Å². The zero-order valence-electron chi connectivity index (χ0n) is 9.80. The molecule has 14 heavy (non-hydrogen) atoms. The minimum Gasteiger partial charge on any atom is -0.369 e. The van der Waals surface area contributed by atoms with Crippen LogP contribution in [0.5, 0.6) is 0 Å². The third-order valence-electron chi connectivity index (χ3n) is 2.50. The Balaban J connectivity index is 3.33. The van der Waals surface area contributed by atoms with E-state index < -0.39 is 0 Å². The van der Waals surface area contributed by atoms with E-state index >= 15 is 0 Å². The fourth-order valence-corrected chi connectivity index (χ4v) is 1.73. The van der Waals surface area contributed by atoms with Gasteiger partial charge in [-0.05, 0) is 12.8 Å². The van der Waals surface area contributed by atoms with Gasteiger partial charge in [-0.15, -0.1) is 0 Å². The van der Waals surface area contributed by atoms with Gasteiger partial charge < -0.3 is 4.90 Å². The summed E-state index contributed by atoms with van der Waals surface area (Å²) in [6.45, 7) is 6.80. The van der Waals surface area contributed by atoms with Crippen molar-refractivity contribution in [2.45, 2.75) is 58.8 Å². The van der Waals surface area contributed by atoms with Gasteiger partial charge in [0.1, 0.15) is 0 Å². The van der Waals surface area contributed by atoms with Crippen LogP contribution in [0.15, 0.2) is 0 Å². The minimum atomic E-state index is 1.16. The van der Waals surface area contributed by atoms with Crippen molar-refractivity contribution < 1.29 is 0 Å². The van der Waals surface area contributed by atoms with Crippen molar-refractivity contribution in [2.75, 3.05) is 13.1 Å². The van der Waals surface area contributed by atoms with Crippen LogP contribution in [0, 0.1) is 0 Å². The number of thiocarbonyl (C=S) groups is 1. The van der Waals surface area contributed by atoms with Gasteiger partial charge in [0.25, 0.3) is 0 Å². The molecule has 0 unspecified atom stereocenters. The summed E-state index contributed by atoms with van der Waals surface area (Å²) in [5.41, 5.74) is 1.83. The summed E-state index contributed by atoms with van der Waals surface area (Å²) < 4.78 is 0. The fraction of sp³-hybridized carbons (Fsp3) is 0.917. The molecule has 0 radical (unpaired) electrons. The van der Waals surface area contributed by atoms with E-state index in [1.165, 1.54) is 44.9 Å². The van der Waals surface area contributed by atoms with E-state index in [2.05, 4.69) is 18.7 Å². The van der Waals surface area contributed by atoms with Gasteiger partial charge in [-0.1, -0.05) is 58.2 Å². The maximum Gasteiger partial charge on any atom is 0.0640 e. The van der Waals surface area contributed by atoms with Crippen LogP contribution in [0.1, 0.15) is 58.8 Å². The Bertz CT molecular complexity index is 125. The van der Waals surface area contributed by atoms with E-state index in [1.807, 2.05) is 5.49 Å². The molecule has 84 valence electrons. The summed E-state index contributed by atoms with van der Waals surface area (Å²) in [5.74, 6) is 0. The van der Waals surface area contributed by atoms with E-state index in [1.54, 1.807) is 0 Å². The first-order valence-electron chi connectivity index (χ1n) is 6.04. The molecule has 0 atom stereocenters. The van der Waals surface area contributed by atoms with Crippen molar-refractivity contribution in [3.8, 4) is 0 Å². The molecule has 0 aromatic carbocycles. The molecule has 2 heteroatoms. The summed E-state index contributed by atoms with van der Waals surface area (Å²) in [6.07, 6.45) is 9.23. The molecule has 0 rings (SSSR count). The van der Waals surface area contributed by atoms with Gasteiger partial charge in [0.05, 0.1) is 5.49 Å². The minimum absolute atomic E-state index is 1.16. The third kappa shape index (κ3) is 8.49. The first kappa shape index (κ1) is 13.9. The van der Waals surface area contributed by atoms with E-state index in [0.717, 1.165) is 13.1 Å². The zero-order valence-corrected chi connectivity index (χ0v) is 10.6. The number of hydrogen-bond donors (Lipinski definition) is 0. The molecule has 0 aromatic heterocycles. The van der Waals surface area contributed by atoms with Crippen molar-refractivity contribution in [1.82, 2.24) is 4.90 Å².